The lowest BCUT2D eigenvalue weighted by molar-refractivity contribution is 0.172. The van der Waals surface area contributed by atoms with Crippen LogP contribution in [0.1, 0.15) is 34.7 Å². The fourth-order valence-electron chi connectivity index (χ4n) is 4.95. The number of aliphatic hydroxyl groups excluding tert-OH is 1. The van der Waals surface area contributed by atoms with E-state index in [4.69, 9.17) is 4.74 Å². The standard InChI is InChI=1S/C27H27N3O2/c1-32-22-7-4-19(5-8-22)2-3-20-6-9-25-24(16-20)27-23(26(18-31)29-25)12-15-30(27)17-21-10-13-28-14-11-21/h4-11,13-14,16,23,26-27,29,31H,12,15,17-18H2,1H3/t23-,26+,27-/m1/s1. The molecule has 1 fully saturated rings. The van der Waals surface area contributed by atoms with Crippen molar-refractivity contribution in [2.45, 2.75) is 25.0 Å². The van der Waals surface area contributed by atoms with Crippen molar-refractivity contribution in [1.82, 2.24) is 9.88 Å². The van der Waals surface area contributed by atoms with Gasteiger partial charge in [-0.3, -0.25) is 9.88 Å². The summed E-state index contributed by atoms with van der Waals surface area (Å²) in [5.41, 5.74) is 5.59. The van der Waals surface area contributed by atoms with E-state index in [-0.39, 0.29) is 18.7 Å². The first-order chi connectivity index (χ1) is 15.7. The average molecular weight is 426 g/mol. The van der Waals surface area contributed by atoms with Crippen LogP contribution in [-0.4, -0.2) is 41.3 Å². The summed E-state index contributed by atoms with van der Waals surface area (Å²) in [5, 5.41) is 13.6. The highest BCUT2D eigenvalue weighted by atomic mass is 16.5. The molecule has 2 aromatic carbocycles. The molecule has 0 aliphatic carbocycles. The number of pyridine rings is 1. The predicted octanol–water partition coefficient (Wildman–Crippen LogP) is 3.84. The second-order valence-electron chi connectivity index (χ2n) is 8.44. The molecule has 2 N–H and O–H groups in total. The first-order valence-corrected chi connectivity index (χ1v) is 11.1. The van der Waals surface area contributed by atoms with Crippen molar-refractivity contribution in [3.05, 3.63) is 89.2 Å². The molecule has 0 saturated carbocycles. The summed E-state index contributed by atoms with van der Waals surface area (Å²) in [6, 6.07) is 18.7. The maximum Gasteiger partial charge on any atom is 0.118 e. The Bertz CT molecular complexity index is 1140. The second-order valence-corrected chi connectivity index (χ2v) is 8.44. The third-order valence-electron chi connectivity index (χ3n) is 6.55. The maximum absolute atomic E-state index is 10.0. The summed E-state index contributed by atoms with van der Waals surface area (Å²) in [6.45, 7) is 2.03. The molecule has 0 bridgehead atoms. The molecule has 2 aliphatic heterocycles. The van der Waals surface area contributed by atoms with Gasteiger partial charge in [-0.2, -0.15) is 0 Å². The number of benzene rings is 2. The minimum Gasteiger partial charge on any atom is -0.497 e. The molecule has 1 saturated heterocycles. The number of fused-ring (bicyclic) bond motifs is 3. The molecule has 5 heteroatoms. The van der Waals surface area contributed by atoms with Gasteiger partial charge in [0.15, 0.2) is 0 Å². The Kier molecular flexibility index (Phi) is 5.81. The Morgan fingerprint density at radius 2 is 1.81 bits per heavy atom. The van der Waals surface area contributed by atoms with Gasteiger partial charge in [-0.25, -0.2) is 0 Å². The van der Waals surface area contributed by atoms with Crippen molar-refractivity contribution in [2.24, 2.45) is 5.92 Å². The molecule has 0 amide bonds. The average Bonchev–Trinajstić information content (AvgIpc) is 3.27. The molecular weight excluding hydrogens is 398 g/mol. The van der Waals surface area contributed by atoms with Crippen LogP contribution < -0.4 is 10.1 Å². The molecule has 3 atom stereocenters. The van der Waals surface area contributed by atoms with Crippen molar-refractivity contribution in [3.8, 4) is 17.6 Å². The van der Waals surface area contributed by atoms with Gasteiger partial charge in [-0.05, 0) is 78.7 Å². The Balaban J connectivity index is 1.45. The highest BCUT2D eigenvalue weighted by molar-refractivity contribution is 5.60. The van der Waals surface area contributed by atoms with E-state index in [1.54, 1.807) is 7.11 Å². The maximum atomic E-state index is 10.0. The smallest absolute Gasteiger partial charge is 0.118 e. The molecular formula is C27H27N3O2. The van der Waals surface area contributed by atoms with Gasteiger partial charge in [0.2, 0.25) is 0 Å². The van der Waals surface area contributed by atoms with Gasteiger partial charge in [0.05, 0.1) is 19.8 Å². The van der Waals surface area contributed by atoms with Gasteiger partial charge in [-0.1, -0.05) is 11.8 Å². The van der Waals surface area contributed by atoms with Crippen molar-refractivity contribution in [3.63, 3.8) is 0 Å². The lowest BCUT2D eigenvalue weighted by atomic mass is 9.82. The van der Waals surface area contributed by atoms with E-state index in [2.05, 4.69) is 57.4 Å². The van der Waals surface area contributed by atoms with Gasteiger partial charge in [0.25, 0.3) is 0 Å². The number of ether oxygens (including phenoxy) is 1. The zero-order chi connectivity index (χ0) is 21.9. The molecule has 1 aromatic heterocycles. The zero-order valence-electron chi connectivity index (χ0n) is 18.2. The Morgan fingerprint density at radius 1 is 1.06 bits per heavy atom. The van der Waals surface area contributed by atoms with Gasteiger partial charge in [0.1, 0.15) is 5.75 Å². The van der Waals surface area contributed by atoms with Crippen LogP contribution >= 0.6 is 0 Å². The third-order valence-corrected chi connectivity index (χ3v) is 6.55. The number of nitrogens with zero attached hydrogens (tertiary/aromatic N) is 2. The van der Waals surface area contributed by atoms with Gasteiger partial charge < -0.3 is 15.2 Å². The number of hydrogen-bond donors (Lipinski definition) is 2. The lowest BCUT2D eigenvalue weighted by Gasteiger charge is -2.39. The molecule has 5 rings (SSSR count). The number of aromatic nitrogens is 1. The number of methoxy groups -OCH3 is 1. The minimum atomic E-state index is 0.0752. The van der Waals surface area contributed by atoms with Gasteiger partial charge in [-0.15, -0.1) is 0 Å². The van der Waals surface area contributed by atoms with Gasteiger partial charge >= 0.3 is 0 Å². The van der Waals surface area contributed by atoms with E-state index < -0.39 is 0 Å². The van der Waals surface area contributed by atoms with Crippen LogP contribution in [0, 0.1) is 17.8 Å². The van der Waals surface area contributed by atoms with E-state index in [1.807, 2.05) is 36.7 Å². The van der Waals surface area contributed by atoms with E-state index in [0.717, 1.165) is 42.1 Å². The summed E-state index contributed by atoms with van der Waals surface area (Å²) in [7, 11) is 1.66. The van der Waals surface area contributed by atoms with Crippen LogP contribution in [0.5, 0.6) is 5.75 Å². The highest BCUT2D eigenvalue weighted by Crippen LogP contribution is 2.47. The molecule has 0 radical (unpaired) electrons. The molecule has 0 spiro atoms. The quantitative estimate of drug-likeness (QED) is 0.622. The zero-order valence-corrected chi connectivity index (χ0v) is 18.2. The minimum absolute atomic E-state index is 0.0752. The lowest BCUT2D eigenvalue weighted by Crippen LogP contribution is -2.41. The van der Waals surface area contributed by atoms with Crippen LogP contribution in [-0.2, 0) is 6.54 Å². The van der Waals surface area contributed by atoms with Crippen LogP contribution in [0.3, 0.4) is 0 Å². The van der Waals surface area contributed by atoms with Crippen LogP contribution in [0.25, 0.3) is 0 Å². The Hall–Kier alpha value is -3.33. The summed E-state index contributed by atoms with van der Waals surface area (Å²) in [5.74, 6) is 7.79. The molecule has 5 nitrogen and oxygen atoms in total. The van der Waals surface area contributed by atoms with E-state index >= 15 is 0 Å². The molecule has 0 unspecified atom stereocenters. The number of nitrogens with one attached hydrogen (secondary N) is 1. The first-order valence-electron chi connectivity index (χ1n) is 11.1. The predicted molar refractivity (Wildman–Crippen MR) is 125 cm³/mol. The second kappa shape index (κ2) is 9.04. The van der Waals surface area contributed by atoms with Crippen molar-refractivity contribution < 1.29 is 9.84 Å². The van der Waals surface area contributed by atoms with Crippen LogP contribution in [0.2, 0.25) is 0 Å². The first kappa shape index (κ1) is 20.6. The number of anilines is 1. The van der Waals surface area contributed by atoms with Crippen molar-refractivity contribution in [1.29, 1.82) is 0 Å². The summed E-state index contributed by atoms with van der Waals surface area (Å²) in [6.07, 6.45) is 4.76. The normalized spacial score (nSPS) is 21.6. The number of likely N-dealkylation sites (tertiary alicyclic amines) is 1. The summed E-state index contributed by atoms with van der Waals surface area (Å²) in [4.78, 5) is 6.68. The number of rotatable bonds is 4. The van der Waals surface area contributed by atoms with E-state index in [0.29, 0.717) is 5.92 Å². The SMILES string of the molecule is COc1ccc(C#Cc2ccc3c(c2)[C@H]2[C@H](CCN2Cc2ccncc2)[C@H](CO)N3)cc1. The molecule has 3 heterocycles. The number of aliphatic hydroxyl groups is 1. The van der Waals surface area contributed by atoms with Crippen LogP contribution in [0.15, 0.2) is 67.0 Å². The molecule has 32 heavy (non-hydrogen) atoms. The Labute approximate surface area is 189 Å². The van der Waals surface area contributed by atoms with E-state index in [1.165, 1.54) is 11.1 Å². The van der Waals surface area contributed by atoms with Crippen molar-refractivity contribution >= 4 is 5.69 Å². The van der Waals surface area contributed by atoms with Gasteiger partial charge in [0, 0.05) is 47.7 Å². The van der Waals surface area contributed by atoms with Crippen molar-refractivity contribution in [2.75, 3.05) is 25.6 Å². The highest BCUT2D eigenvalue weighted by Gasteiger charge is 2.43. The fourth-order valence-corrected chi connectivity index (χ4v) is 4.95. The molecule has 3 aromatic rings. The fraction of sp³-hybridized carbons (Fsp3) is 0.296. The largest absolute Gasteiger partial charge is 0.497 e. The summed E-state index contributed by atoms with van der Waals surface area (Å²) >= 11 is 0. The number of hydrogen-bond acceptors (Lipinski definition) is 5. The molecule has 162 valence electrons. The Morgan fingerprint density at radius 3 is 2.56 bits per heavy atom. The van der Waals surface area contributed by atoms with E-state index in [9.17, 15) is 5.11 Å². The molecule has 2 aliphatic rings. The monoisotopic (exact) mass is 425 g/mol. The summed E-state index contributed by atoms with van der Waals surface area (Å²) < 4.78 is 5.22. The topological polar surface area (TPSA) is 57.6 Å². The third kappa shape index (κ3) is 4.08. The van der Waals surface area contributed by atoms with Crippen LogP contribution in [0.4, 0.5) is 5.69 Å².